The van der Waals surface area contributed by atoms with E-state index in [1.54, 1.807) is 0 Å². The molecule has 0 amide bonds. The molecule has 0 nitrogen and oxygen atoms in total. The molecule has 0 rings (SSSR count). The predicted molar refractivity (Wildman–Crippen MR) is 93.9 cm³/mol. The van der Waals surface area contributed by atoms with Crippen LogP contribution in [0.1, 0.15) is 61.8 Å². The molecule has 20 heavy (non-hydrogen) atoms. The lowest BCUT2D eigenvalue weighted by Gasteiger charge is -2.23. The third kappa shape index (κ3) is 7.33. The van der Waals surface area contributed by atoms with Crippen LogP contribution in [0, 0.1) is 5.41 Å². The van der Waals surface area contributed by atoms with Crippen molar-refractivity contribution in [3.63, 3.8) is 0 Å². The molecule has 0 saturated heterocycles. The molecule has 0 radical (unpaired) electrons. The van der Waals surface area contributed by atoms with Crippen molar-refractivity contribution >= 4 is 0 Å². The summed E-state index contributed by atoms with van der Waals surface area (Å²) in [5, 5.41) is 0. The zero-order chi connectivity index (χ0) is 15.8. The quantitative estimate of drug-likeness (QED) is 0.484. The van der Waals surface area contributed by atoms with E-state index < -0.39 is 0 Å². The van der Waals surface area contributed by atoms with Crippen LogP contribution in [-0.4, -0.2) is 0 Å². The Balaban J connectivity index is 5.08. The maximum Gasteiger partial charge on any atom is -0.0132 e. The van der Waals surface area contributed by atoms with Gasteiger partial charge in [0.25, 0.3) is 0 Å². The predicted octanol–water partition coefficient (Wildman–Crippen LogP) is 6.78. The van der Waals surface area contributed by atoms with E-state index in [9.17, 15) is 0 Å². The molecule has 112 valence electrons. The zero-order valence-corrected chi connectivity index (χ0v) is 14.7. The van der Waals surface area contributed by atoms with Crippen molar-refractivity contribution in [2.75, 3.05) is 0 Å². The second kappa shape index (κ2) is 8.79. The summed E-state index contributed by atoms with van der Waals surface area (Å²) in [5.74, 6) is 0. The highest BCUT2D eigenvalue weighted by Crippen LogP contribution is 2.30. The Morgan fingerprint density at radius 1 is 0.900 bits per heavy atom. The highest BCUT2D eigenvalue weighted by molar-refractivity contribution is 5.35. The maximum absolute atomic E-state index is 2.28. The Morgan fingerprint density at radius 2 is 1.50 bits per heavy atom. The van der Waals surface area contributed by atoms with Crippen LogP contribution in [0.4, 0.5) is 0 Å². The summed E-state index contributed by atoms with van der Waals surface area (Å²) in [6, 6.07) is 0. The lowest BCUT2D eigenvalue weighted by Crippen LogP contribution is -2.09. The maximum atomic E-state index is 2.28. The Kier molecular flexibility index (Phi) is 8.22. The Labute approximate surface area is 126 Å². The summed E-state index contributed by atoms with van der Waals surface area (Å²) < 4.78 is 0. The Bertz CT molecular complexity index is 443. The van der Waals surface area contributed by atoms with Crippen LogP contribution in [0.2, 0.25) is 0 Å². The minimum atomic E-state index is 0.203. The fourth-order valence-corrected chi connectivity index (χ4v) is 1.94. The van der Waals surface area contributed by atoms with Crippen molar-refractivity contribution in [2.24, 2.45) is 5.41 Å². The molecule has 0 heteroatoms. The van der Waals surface area contributed by atoms with Gasteiger partial charge in [-0.15, -0.1) is 0 Å². The minimum absolute atomic E-state index is 0.203. The topological polar surface area (TPSA) is 0 Å². The Morgan fingerprint density at radius 3 is 1.95 bits per heavy atom. The summed E-state index contributed by atoms with van der Waals surface area (Å²) in [6.45, 7) is 17.6. The van der Waals surface area contributed by atoms with Crippen molar-refractivity contribution in [3.8, 4) is 0 Å². The molecule has 0 aromatic carbocycles. The summed E-state index contributed by atoms with van der Waals surface area (Å²) in [7, 11) is 0. The van der Waals surface area contributed by atoms with Crippen LogP contribution >= 0.6 is 0 Å². The average Bonchev–Trinajstić information content (AvgIpc) is 2.36. The van der Waals surface area contributed by atoms with Gasteiger partial charge in [-0.1, -0.05) is 80.9 Å². The first-order valence-electron chi connectivity index (χ1n) is 7.58. The highest BCUT2D eigenvalue weighted by Gasteiger charge is 2.16. The van der Waals surface area contributed by atoms with Gasteiger partial charge in [0.1, 0.15) is 0 Å². The van der Waals surface area contributed by atoms with E-state index in [1.165, 1.54) is 22.3 Å². The van der Waals surface area contributed by atoms with Gasteiger partial charge in [-0.25, -0.2) is 0 Å². The van der Waals surface area contributed by atoms with Crippen LogP contribution in [0.5, 0.6) is 0 Å². The highest BCUT2D eigenvalue weighted by atomic mass is 14.2. The molecule has 0 N–H and O–H groups in total. The lowest BCUT2D eigenvalue weighted by atomic mass is 9.82. The molecule has 0 aromatic heterocycles. The van der Waals surface area contributed by atoms with E-state index in [0.717, 1.165) is 6.42 Å². The smallest absolute Gasteiger partial charge is 0.0132 e. The first-order valence-corrected chi connectivity index (χ1v) is 7.58. The van der Waals surface area contributed by atoms with Gasteiger partial charge < -0.3 is 0 Å². The largest absolute Gasteiger partial charge is 0.0847 e. The van der Waals surface area contributed by atoms with Gasteiger partial charge in [-0.3, -0.25) is 0 Å². The molecule has 0 aromatic rings. The van der Waals surface area contributed by atoms with Crippen LogP contribution in [-0.2, 0) is 0 Å². The van der Waals surface area contributed by atoms with Gasteiger partial charge in [0.05, 0.1) is 0 Å². The van der Waals surface area contributed by atoms with Gasteiger partial charge >= 0.3 is 0 Å². The van der Waals surface area contributed by atoms with Crippen LogP contribution in [0.15, 0.2) is 58.7 Å². The Hall–Kier alpha value is -1.30. The minimum Gasteiger partial charge on any atom is -0.0847 e. The third-order valence-corrected chi connectivity index (χ3v) is 3.48. The van der Waals surface area contributed by atoms with E-state index in [-0.39, 0.29) is 5.41 Å². The molecule has 0 fully saturated rings. The van der Waals surface area contributed by atoms with E-state index in [4.69, 9.17) is 0 Å². The normalized spacial score (nSPS) is 16.2. The number of hydrogen-bond donors (Lipinski definition) is 0. The lowest BCUT2D eigenvalue weighted by molar-refractivity contribution is 0.510. The molecule has 0 aliphatic rings. The van der Waals surface area contributed by atoms with Crippen molar-refractivity contribution in [2.45, 2.75) is 61.8 Å². The first kappa shape index (κ1) is 18.7. The van der Waals surface area contributed by atoms with E-state index in [2.05, 4.69) is 91.8 Å². The molecule has 0 atom stereocenters. The van der Waals surface area contributed by atoms with Crippen LogP contribution < -0.4 is 0 Å². The fraction of sp³-hybridized carbons (Fsp3) is 0.500. The number of rotatable bonds is 5. The van der Waals surface area contributed by atoms with Crippen molar-refractivity contribution < 1.29 is 0 Å². The second-order valence-corrected chi connectivity index (χ2v) is 6.43. The molecular formula is C20H32. The van der Waals surface area contributed by atoms with Crippen molar-refractivity contribution in [1.29, 1.82) is 0 Å². The summed E-state index contributed by atoms with van der Waals surface area (Å²) in [4.78, 5) is 0. The van der Waals surface area contributed by atoms with Gasteiger partial charge in [0, 0.05) is 0 Å². The van der Waals surface area contributed by atoms with Gasteiger partial charge in [0.2, 0.25) is 0 Å². The summed E-state index contributed by atoms with van der Waals surface area (Å²) in [6.07, 6.45) is 14.1. The SMILES string of the molecule is C\C=C(C)/C=C\C=C(C)\C=C\C(=C(/C)CC)C(C)(C)C. The van der Waals surface area contributed by atoms with Crippen LogP contribution in [0.3, 0.4) is 0 Å². The van der Waals surface area contributed by atoms with Gasteiger partial charge in [-0.2, -0.15) is 0 Å². The number of hydrogen-bond acceptors (Lipinski definition) is 0. The molecule has 0 bridgehead atoms. The monoisotopic (exact) mass is 272 g/mol. The molecule has 0 aliphatic carbocycles. The first-order chi connectivity index (χ1) is 9.22. The van der Waals surface area contributed by atoms with Crippen LogP contribution in [0.25, 0.3) is 0 Å². The summed E-state index contributed by atoms with van der Waals surface area (Å²) in [5.41, 5.74) is 5.68. The van der Waals surface area contributed by atoms with Gasteiger partial charge in [-0.05, 0) is 45.1 Å². The third-order valence-electron chi connectivity index (χ3n) is 3.48. The zero-order valence-electron chi connectivity index (χ0n) is 14.7. The molecule has 0 unspecified atom stereocenters. The van der Waals surface area contributed by atoms with Gasteiger partial charge in [0.15, 0.2) is 0 Å². The summed E-state index contributed by atoms with van der Waals surface area (Å²) >= 11 is 0. The molecule has 0 aliphatic heterocycles. The standard InChI is InChI=1S/C20H32/c1-9-16(3)12-11-13-17(4)14-15-19(18(5)10-2)20(6,7)8/h9,11-15H,10H2,1-8H3/b12-11-,15-14+,16-9-,17-13+,19-18-. The molecule has 0 heterocycles. The average molecular weight is 272 g/mol. The van der Waals surface area contributed by atoms with E-state index >= 15 is 0 Å². The molecule has 0 saturated carbocycles. The van der Waals surface area contributed by atoms with E-state index in [1.807, 2.05) is 0 Å². The van der Waals surface area contributed by atoms with Crippen molar-refractivity contribution in [3.05, 3.63) is 58.7 Å². The molecule has 0 spiro atoms. The second-order valence-electron chi connectivity index (χ2n) is 6.43. The van der Waals surface area contributed by atoms with Crippen molar-refractivity contribution in [1.82, 2.24) is 0 Å². The van der Waals surface area contributed by atoms with E-state index in [0.29, 0.717) is 0 Å². The number of allylic oxidation sites excluding steroid dienone is 10. The fourth-order valence-electron chi connectivity index (χ4n) is 1.94. The molecular weight excluding hydrogens is 240 g/mol.